The number of hydrogen-bond acceptors (Lipinski definition) is 2. The van der Waals surface area contributed by atoms with Gasteiger partial charge >= 0.3 is 0 Å². The van der Waals surface area contributed by atoms with Gasteiger partial charge in [0.05, 0.1) is 5.56 Å². The fourth-order valence-electron chi connectivity index (χ4n) is 1.65. The van der Waals surface area contributed by atoms with Gasteiger partial charge in [-0.25, -0.2) is 0 Å². The van der Waals surface area contributed by atoms with Crippen LogP contribution in [0.1, 0.15) is 21.5 Å². The number of aldehydes is 1. The van der Waals surface area contributed by atoms with E-state index < -0.39 is 0 Å². The van der Waals surface area contributed by atoms with E-state index in [1.165, 1.54) is 6.07 Å². The number of furan rings is 1. The summed E-state index contributed by atoms with van der Waals surface area (Å²) in [5.74, 6) is 0.543. The first-order valence-corrected chi connectivity index (χ1v) is 5.31. The number of rotatable bonds is 2. The van der Waals surface area contributed by atoms with Crippen LogP contribution in [0.3, 0.4) is 0 Å². The molecule has 0 aliphatic heterocycles. The maximum atomic E-state index is 10.9. The molecule has 0 saturated heterocycles. The third kappa shape index (κ3) is 1.89. The Kier molecular flexibility index (Phi) is 2.84. The van der Waals surface area contributed by atoms with Crippen molar-refractivity contribution >= 4 is 17.9 Å². The molecule has 1 aromatic heterocycles. The highest BCUT2D eigenvalue weighted by atomic mass is 35.5. The third-order valence-electron chi connectivity index (χ3n) is 2.50. The summed E-state index contributed by atoms with van der Waals surface area (Å²) < 4.78 is 5.36. The predicted molar refractivity (Wildman–Crippen MR) is 64.0 cm³/mol. The lowest BCUT2D eigenvalue weighted by Gasteiger charge is -2.04. The average Bonchev–Trinajstić information content (AvgIpc) is 2.63. The largest absolute Gasteiger partial charge is 0.444 e. The molecule has 0 N–H and O–H groups in total. The second-order valence-corrected chi connectivity index (χ2v) is 4.14. The highest BCUT2D eigenvalue weighted by Gasteiger charge is 2.13. The molecule has 16 heavy (non-hydrogen) atoms. The van der Waals surface area contributed by atoms with Crippen molar-refractivity contribution in [3.8, 4) is 11.3 Å². The second-order valence-electron chi connectivity index (χ2n) is 3.77. The van der Waals surface area contributed by atoms with E-state index in [2.05, 4.69) is 0 Å². The van der Waals surface area contributed by atoms with Crippen LogP contribution >= 0.6 is 11.6 Å². The maximum Gasteiger partial charge on any atom is 0.194 e. The van der Waals surface area contributed by atoms with Gasteiger partial charge in [-0.2, -0.15) is 0 Å². The van der Waals surface area contributed by atoms with Crippen LogP contribution in [-0.4, -0.2) is 6.29 Å². The number of aryl methyl sites for hydroxylation is 2. The topological polar surface area (TPSA) is 30.2 Å². The van der Waals surface area contributed by atoms with Gasteiger partial charge in [0.1, 0.15) is 5.76 Å². The van der Waals surface area contributed by atoms with Crippen molar-refractivity contribution < 1.29 is 9.21 Å². The molecule has 0 aliphatic rings. The Morgan fingerprint density at radius 1 is 1.25 bits per heavy atom. The predicted octanol–water partition coefficient (Wildman–Crippen LogP) is 4.03. The molecule has 0 fully saturated rings. The zero-order valence-corrected chi connectivity index (χ0v) is 9.84. The van der Waals surface area contributed by atoms with Gasteiger partial charge < -0.3 is 4.42 Å². The Morgan fingerprint density at radius 2 is 2.00 bits per heavy atom. The van der Waals surface area contributed by atoms with E-state index in [9.17, 15) is 4.79 Å². The molecule has 0 bridgehead atoms. The number of halogens is 1. The van der Waals surface area contributed by atoms with Crippen LogP contribution in [-0.2, 0) is 0 Å². The molecular formula is C13H11ClO2. The monoisotopic (exact) mass is 234 g/mol. The summed E-state index contributed by atoms with van der Waals surface area (Å²) in [5, 5.41) is 0.234. The maximum absolute atomic E-state index is 10.9. The van der Waals surface area contributed by atoms with E-state index in [0.717, 1.165) is 23.0 Å². The minimum atomic E-state index is 0.234. The van der Waals surface area contributed by atoms with Crippen LogP contribution in [0.25, 0.3) is 11.3 Å². The normalized spacial score (nSPS) is 10.4. The molecule has 2 aromatic rings. The van der Waals surface area contributed by atoms with E-state index in [-0.39, 0.29) is 5.22 Å². The third-order valence-corrected chi connectivity index (χ3v) is 2.68. The standard InChI is InChI=1S/C13H11ClO2/c1-8-3-4-9(2)11(5-8)13-10(7-15)6-12(14)16-13/h3-7H,1-2H3. The smallest absolute Gasteiger partial charge is 0.194 e. The molecular weight excluding hydrogens is 224 g/mol. The quantitative estimate of drug-likeness (QED) is 0.735. The Balaban J connectivity index is 2.66. The zero-order valence-electron chi connectivity index (χ0n) is 9.08. The van der Waals surface area contributed by atoms with Crippen LogP contribution in [0.15, 0.2) is 28.7 Å². The highest BCUT2D eigenvalue weighted by Crippen LogP contribution is 2.31. The first-order chi connectivity index (χ1) is 7.61. The minimum Gasteiger partial charge on any atom is -0.444 e. The van der Waals surface area contributed by atoms with Crippen LogP contribution in [0.2, 0.25) is 5.22 Å². The summed E-state index contributed by atoms with van der Waals surface area (Å²) in [4.78, 5) is 10.9. The number of carbonyl (C=O) groups is 1. The van der Waals surface area contributed by atoms with Crippen molar-refractivity contribution in [1.82, 2.24) is 0 Å². The van der Waals surface area contributed by atoms with E-state index >= 15 is 0 Å². The molecule has 2 rings (SSSR count). The number of carbonyl (C=O) groups excluding carboxylic acids is 1. The summed E-state index contributed by atoms with van der Waals surface area (Å²) in [6, 6.07) is 7.53. The van der Waals surface area contributed by atoms with Crippen molar-refractivity contribution in [2.75, 3.05) is 0 Å². The van der Waals surface area contributed by atoms with Crippen molar-refractivity contribution in [2.45, 2.75) is 13.8 Å². The van der Waals surface area contributed by atoms with Crippen LogP contribution in [0.4, 0.5) is 0 Å². The van der Waals surface area contributed by atoms with Crippen molar-refractivity contribution in [1.29, 1.82) is 0 Å². The summed E-state index contributed by atoms with van der Waals surface area (Å²) in [6.45, 7) is 3.97. The van der Waals surface area contributed by atoms with Gasteiger partial charge in [-0.15, -0.1) is 0 Å². The van der Waals surface area contributed by atoms with E-state index in [1.807, 2.05) is 32.0 Å². The summed E-state index contributed by atoms with van der Waals surface area (Å²) in [7, 11) is 0. The lowest BCUT2D eigenvalue weighted by atomic mass is 10.0. The van der Waals surface area contributed by atoms with Gasteiger partial charge in [-0.05, 0) is 37.1 Å². The number of hydrogen-bond donors (Lipinski definition) is 0. The average molecular weight is 235 g/mol. The Hall–Kier alpha value is -1.54. The molecule has 1 aromatic carbocycles. The van der Waals surface area contributed by atoms with Crippen molar-refractivity contribution in [3.05, 3.63) is 46.2 Å². The Bertz CT molecular complexity index is 541. The van der Waals surface area contributed by atoms with Gasteiger partial charge in [0, 0.05) is 11.6 Å². The van der Waals surface area contributed by atoms with Gasteiger partial charge in [0.2, 0.25) is 0 Å². The van der Waals surface area contributed by atoms with Gasteiger partial charge in [0.15, 0.2) is 11.5 Å². The molecule has 1 heterocycles. The molecule has 0 atom stereocenters. The first kappa shape index (κ1) is 11.0. The summed E-state index contributed by atoms with van der Waals surface area (Å²) in [5.41, 5.74) is 3.57. The van der Waals surface area contributed by atoms with E-state index in [1.54, 1.807) is 0 Å². The van der Waals surface area contributed by atoms with Gasteiger partial charge in [-0.1, -0.05) is 17.7 Å². The fraction of sp³-hybridized carbons (Fsp3) is 0.154. The molecule has 0 radical (unpaired) electrons. The molecule has 3 heteroatoms. The first-order valence-electron chi connectivity index (χ1n) is 4.94. The van der Waals surface area contributed by atoms with Crippen molar-refractivity contribution in [2.24, 2.45) is 0 Å². The molecule has 82 valence electrons. The van der Waals surface area contributed by atoms with E-state index in [4.69, 9.17) is 16.0 Å². The molecule has 2 nitrogen and oxygen atoms in total. The lowest BCUT2D eigenvalue weighted by Crippen LogP contribution is -1.86. The van der Waals surface area contributed by atoms with Gasteiger partial charge in [-0.3, -0.25) is 4.79 Å². The number of benzene rings is 1. The molecule has 0 spiro atoms. The molecule has 0 unspecified atom stereocenters. The highest BCUT2D eigenvalue weighted by molar-refractivity contribution is 6.29. The van der Waals surface area contributed by atoms with Crippen molar-refractivity contribution in [3.63, 3.8) is 0 Å². The SMILES string of the molecule is Cc1ccc(C)c(-c2oc(Cl)cc2C=O)c1. The minimum absolute atomic E-state index is 0.234. The molecule has 0 aliphatic carbocycles. The van der Waals surface area contributed by atoms with Gasteiger partial charge in [0.25, 0.3) is 0 Å². The lowest BCUT2D eigenvalue weighted by molar-refractivity contribution is 0.112. The fourth-order valence-corrected chi connectivity index (χ4v) is 1.85. The van der Waals surface area contributed by atoms with Crippen LogP contribution in [0.5, 0.6) is 0 Å². The summed E-state index contributed by atoms with van der Waals surface area (Å²) in [6.07, 6.45) is 0.756. The van der Waals surface area contributed by atoms with Crippen LogP contribution < -0.4 is 0 Å². The second kappa shape index (κ2) is 4.14. The van der Waals surface area contributed by atoms with E-state index in [0.29, 0.717) is 11.3 Å². The molecule has 0 amide bonds. The Morgan fingerprint density at radius 3 is 2.69 bits per heavy atom. The molecule has 0 saturated carbocycles. The Labute approximate surface area is 98.8 Å². The van der Waals surface area contributed by atoms with Crippen LogP contribution in [0, 0.1) is 13.8 Å². The summed E-state index contributed by atoms with van der Waals surface area (Å²) >= 11 is 5.76. The zero-order chi connectivity index (χ0) is 11.7.